The molecule has 0 radical (unpaired) electrons. The Hall–Kier alpha value is -1.39. The van der Waals surface area contributed by atoms with Crippen molar-refractivity contribution in [3.05, 3.63) is 45.9 Å². The van der Waals surface area contributed by atoms with E-state index in [4.69, 9.17) is 4.74 Å². The van der Waals surface area contributed by atoms with E-state index >= 15 is 0 Å². The average molecular weight is 274 g/mol. The van der Waals surface area contributed by atoms with Crippen molar-refractivity contribution < 1.29 is 4.74 Å². The monoisotopic (exact) mass is 274 g/mol. The third kappa shape index (κ3) is 2.80. The number of rotatable bonds is 5. The number of benzene rings is 1. The number of hydrogen-bond acceptors (Lipinski definition) is 4. The summed E-state index contributed by atoms with van der Waals surface area (Å²) >= 11 is 1.70. The normalized spacial score (nSPS) is 17.2. The highest BCUT2D eigenvalue weighted by Crippen LogP contribution is 2.37. The molecule has 1 aliphatic heterocycles. The van der Waals surface area contributed by atoms with Crippen molar-refractivity contribution in [1.29, 1.82) is 0 Å². The SMILES string of the molecule is CCCNCc1csc(C2Cc3ccccc3O2)n1. The number of hydrogen-bond donors (Lipinski definition) is 1. The lowest BCUT2D eigenvalue weighted by Crippen LogP contribution is -2.14. The standard InChI is InChI=1S/C15H18N2OS/c1-2-7-16-9-12-10-19-15(17-12)14-8-11-5-3-4-6-13(11)18-14/h3-6,10,14,16H,2,7-9H2,1H3. The maximum Gasteiger partial charge on any atom is 0.154 e. The van der Waals surface area contributed by atoms with Crippen LogP contribution in [0.1, 0.15) is 35.7 Å². The molecule has 1 unspecified atom stereocenters. The second kappa shape index (κ2) is 5.72. The van der Waals surface area contributed by atoms with Gasteiger partial charge in [0.05, 0.1) is 5.69 Å². The van der Waals surface area contributed by atoms with Crippen molar-refractivity contribution in [2.24, 2.45) is 0 Å². The minimum atomic E-state index is 0.0994. The molecule has 0 spiro atoms. The third-order valence-electron chi connectivity index (χ3n) is 3.22. The highest BCUT2D eigenvalue weighted by molar-refractivity contribution is 7.09. The molecule has 0 amide bonds. The first-order valence-corrected chi connectivity index (χ1v) is 7.64. The minimum Gasteiger partial charge on any atom is -0.483 e. The molecule has 0 saturated heterocycles. The molecular weight excluding hydrogens is 256 g/mol. The Kier molecular flexibility index (Phi) is 3.80. The summed E-state index contributed by atoms with van der Waals surface area (Å²) in [5, 5.41) is 6.59. The molecule has 0 bridgehead atoms. The van der Waals surface area contributed by atoms with Gasteiger partial charge in [0.1, 0.15) is 10.8 Å². The third-order valence-corrected chi connectivity index (χ3v) is 4.21. The van der Waals surface area contributed by atoms with Gasteiger partial charge in [-0.1, -0.05) is 25.1 Å². The van der Waals surface area contributed by atoms with Crippen molar-refractivity contribution in [2.45, 2.75) is 32.4 Å². The van der Waals surface area contributed by atoms with Gasteiger partial charge in [-0.2, -0.15) is 0 Å². The first kappa shape index (κ1) is 12.6. The predicted octanol–water partition coefficient (Wildman–Crippen LogP) is 3.32. The summed E-state index contributed by atoms with van der Waals surface area (Å²) in [6.07, 6.45) is 2.19. The fourth-order valence-electron chi connectivity index (χ4n) is 2.26. The Labute approximate surface area is 117 Å². The average Bonchev–Trinajstić information content (AvgIpc) is 3.04. The molecule has 3 rings (SSSR count). The Morgan fingerprint density at radius 2 is 2.32 bits per heavy atom. The van der Waals surface area contributed by atoms with Gasteiger partial charge in [-0.15, -0.1) is 11.3 Å². The second-order valence-electron chi connectivity index (χ2n) is 4.77. The first-order chi connectivity index (χ1) is 9.36. The zero-order valence-electron chi connectivity index (χ0n) is 11.1. The molecule has 0 saturated carbocycles. The summed E-state index contributed by atoms with van der Waals surface area (Å²) in [5.41, 5.74) is 2.40. The molecule has 1 aromatic carbocycles. The molecule has 100 valence electrons. The maximum absolute atomic E-state index is 5.96. The molecule has 2 heterocycles. The van der Waals surface area contributed by atoms with E-state index in [1.165, 1.54) is 5.56 Å². The number of nitrogens with one attached hydrogen (secondary N) is 1. The highest BCUT2D eigenvalue weighted by atomic mass is 32.1. The number of para-hydroxylation sites is 1. The van der Waals surface area contributed by atoms with Crippen LogP contribution < -0.4 is 10.1 Å². The van der Waals surface area contributed by atoms with E-state index in [-0.39, 0.29) is 6.10 Å². The van der Waals surface area contributed by atoms with Gasteiger partial charge >= 0.3 is 0 Å². The van der Waals surface area contributed by atoms with E-state index in [2.05, 4.69) is 34.7 Å². The van der Waals surface area contributed by atoms with Crippen LogP contribution in [-0.2, 0) is 13.0 Å². The first-order valence-electron chi connectivity index (χ1n) is 6.76. The van der Waals surface area contributed by atoms with Crippen molar-refractivity contribution in [3.8, 4) is 5.75 Å². The van der Waals surface area contributed by atoms with Gasteiger partial charge < -0.3 is 10.1 Å². The summed E-state index contributed by atoms with van der Waals surface area (Å²) in [6, 6.07) is 8.25. The lowest BCUT2D eigenvalue weighted by atomic mass is 10.1. The van der Waals surface area contributed by atoms with Gasteiger partial charge in [0.2, 0.25) is 0 Å². The Morgan fingerprint density at radius 3 is 3.16 bits per heavy atom. The fourth-order valence-corrected chi connectivity index (χ4v) is 3.11. The molecule has 19 heavy (non-hydrogen) atoms. The van der Waals surface area contributed by atoms with E-state index < -0.39 is 0 Å². The van der Waals surface area contributed by atoms with Gasteiger partial charge in [0, 0.05) is 18.3 Å². The highest BCUT2D eigenvalue weighted by Gasteiger charge is 2.26. The van der Waals surface area contributed by atoms with Crippen LogP contribution in [0.3, 0.4) is 0 Å². The van der Waals surface area contributed by atoms with Crippen LogP contribution >= 0.6 is 11.3 Å². The van der Waals surface area contributed by atoms with Crippen molar-refractivity contribution >= 4 is 11.3 Å². The van der Waals surface area contributed by atoms with E-state index in [0.717, 1.165) is 42.4 Å². The largest absolute Gasteiger partial charge is 0.483 e. The van der Waals surface area contributed by atoms with Gasteiger partial charge in [0.25, 0.3) is 0 Å². The topological polar surface area (TPSA) is 34.1 Å². The Bertz CT molecular complexity index is 528. The van der Waals surface area contributed by atoms with Crippen LogP contribution in [-0.4, -0.2) is 11.5 Å². The second-order valence-corrected chi connectivity index (χ2v) is 5.66. The van der Waals surface area contributed by atoms with Crippen LogP contribution in [0.4, 0.5) is 0 Å². The molecule has 1 aromatic heterocycles. The molecule has 1 atom stereocenters. The summed E-state index contributed by atoms with van der Waals surface area (Å²) < 4.78 is 5.96. The van der Waals surface area contributed by atoms with Crippen molar-refractivity contribution in [3.63, 3.8) is 0 Å². The molecule has 0 aliphatic carbocycles. The lowest BCUT2D eigenvalue weighted by Gasteiger charge is -2.06. The van der Waals surface area contributed by atoms with E-state index in [0.29, 0.717) is 0 Å². The number of nitrogens with zero attached hydrogens (tertiary/aromatic N) is 1. The summed E-state index contributed by atoms with van der Waals surface area (Å²) in [4.78, 5) is 4.68. The minimum absolute atomic E-state index is 0.0994. The summed E-state index contributed by atoms with van der Waals surface area (Å²) in [6.45, 7) is 4.06. The van der Waals surface area contributed by atoms with Crippen LogP contribution in [0.5, 0.6) is 5.75 Å². The Balaban J connectivity index is 1.65. The van der Waals surface area contributed by atoms with Crippen LogP contribution in [0.2, 0.25) is 0 Å². The molecule has 1 aliphatic rings. The van der Waals surface area contributed by atoms with Gasteiger partial charge in [-0.3, -0.25) is 0 Å². The quantitative estimate of drug-likeness (QED) is 0.849. The molecule has 0 fully saturated rings. The van der Waals surface area contributed by atoms with E-state index in [1.54, 1.807) is 11.3 Å². The molecule has 4 heteroatoms. The number of fused-ring (bicyclic) bond motifs is 1. The molecule has 2 aromatic rings. The molecular formula is C15H18N2OS. The zero-order chi connectivity index (χ0) is 13.1. The molecule has 1 N–H and O–H groups in total. The smallest absolute Gasteiger partial charge is 0.154 e. The van der Waals surface area contributed by atoms with Crippen molar-refractivity contribution in [2.75, 3.05) is 6.54 Å². The van der Waals surface area contributed by atoms with Crippen LogP contribution in [0.25, 0.3) is 0 Å². The predicted molar refractivity (Wildman–Crippen MR) is 77.6 cm³/mol. The molecule has 3 nitrogen and oxygen atoms in total. The number of thiazole rings is 1. The van der Waals surface area contributed by atoms with Gasteiger partial charge in [-0.05, 0) is 24.6 Å². The van der Waals surface area contributed by atoms with E-state index in [9.17, 15) is 0 Å². The number of ether oxygens (including phenoxy) is 1. The summed E-state index contributed by atoms with van der Waals surface area (Å²) in [7, 11) is 0. The summed E-state index contributed by atoms with van der Waals surface area (Å²) in [5.74, 6) is 1.01. The van der Waals surface area contributed by atoms with Crippen molar-refractivity contribution in [1.82, 2.24) is 10.3 Å². The van der Waals surface area contributed by atoms with Gasteiger partial charge in [0.15, 0.2) is 6.10 Å². The van der Waals surface area contributed by atoms with Gasteiger partial charge in [-0.25, -0.2) is 4.98 Å². The van der Waals surface area contributed by atoms with E-state index in [1.807, 2.05) is 12.1 Å². The lowest BCUT2D eigenvalue weighted by molar-refractivity contribution is 0.238. The fraction of sp³-hybridized carbons (Fsp3) is 0.400. The maximum atomic E-state index is 5.96. The zero-order valence-corrected chi connectivity index (χ0v) is 11.9. The Morgan fingerprint density at radius 1 is 1.42 bits per heavy atom. The van der Waals surface area contributed by atoms with Crippen LogP contribution in [0.15, 0.2) is 29.6 Å². The number of aromatic nitrogens is 1. The van der Waals surface area contributed by atoms with Crippen LogP contribution in [0, 0.1) is 0 Å².